The highest BCUT2D eigenvalue weighted by molar-refractivity contribution is 6.14. The first kappa shape index (κ1) is 43.4. The fraction of sp³-hybridized carbons (Fsp3) is 0.364. The van der Waals surface area contributed by atoms with Gasteiger partial charge in [0, 0.05) is 38.4 Å². The maximum absolute atomic E-state index is 2.67. The highest BCUT2D eigenvalue weighted by Gasteiger charge is 2.41. The first-order chi connectivity index (χ1) is 32.2. The maximum Gasteiger partial charge on any atom is 0.0618 e. The third-order valence-electron chi connectivity index (χ3n) is 18.1. The Hall–Kier alpha value is -5.86. The molecule has 68 heavy (non-hydrogen) atoms. The van der Waals surface area contributed by atoms with Gasteiger partial charge in [0.1, 0.15) is 0 Å². The number of rotatable bonds is 4. The molecule has 0 atom stereocenters. The number of benzene rings is 7. The highest BCUT2D eigenvalue weighted by atomic mass is 15.0. The summed E-state index contributed by atoms with van der Waals surface area (Å²) in [5.74, 6) is 0. The van der Waals surface area contributed by atoms with Crippen molar-refractivity contribution in [3.8, 4) is 33.6 Å². The molecule has 0 fully saturated rings. The molecule has 2 aromatic heterocycles. The molecule has 0 saturated carbocycles. The Balaban J connectivity index is 1.23. The molecule has 0 unspecified atom stereocenters. The number of nitrogens with zero attached hydrogens (tertiary/aromatic N) is 2. The Morgan fingerprint density at radius 2 is 0.618 bits per heavy atom. The quantitative estimate of drug-likeness (QED) is 0.167. The van der Waals surface area contributed by atoms with Crippen LogP contribution in [0.5, 0.6) is 0 Å². The van der Waals surface area contributed by atoms with Gasteiger partial charge >= 0.3 is 0 Å². The number of hydrogen-bond acceptors (Lipinski definition) is 0. The molecule has 0 bridgehead atoms. The van der Waals surface area contributed by atoms with E-state index in [4.69, 9.17) is 0 Å². The van der Waals surface area contributed by atoms with Crippen LogP contribution in [0.4, 0.5) is 0 Å². The van der Waals surface area contributed by atoms with Gasteiger partial charge in [0.15, 0.2) is 0 Å². The zero-order valence-electron chi connectivity index (χ0n) is 42.8. The van der Waals surface area contributed by atoms with Crippen LogP contribution >= 0.6 is 0 Å². The summed E-state index contributed by atoms with van der Waals surface area (Å²) in [6.45, 7) is 29.7. The van der Waals surface area contributed by atoms with Crippen molar-refractivity contribution in [1.82, 2.24) is 9.13 Å². The van der Waals surface area contributed by atoms with Gasteiger partial charge in [-0.3, -0.25) is 0 Å². The first-order valence-electron chi connectivity index (χ1n) is 25.7. The molecule has 0 N–H and O–H groups in total. The standard InChI is InChI=1S/C66H70N2/c1-61(2)30-33-66(11,12)55-40-59-47(35-50(55)61)46-34-43(26-27-56(46)68(59)60-44(41-20-15-13-16-21-41)24-19-25-45(60)42-22-17-14-18-23-42)67-57-38-53-51(62(3,4)28-31-64(53,7)8)36-48(57)49-37-52-54(39-58(49)67)65(9,10)32-29-63(52,5)6/h13-27,34-40H,28-33H2,1-12H3. The molecule has 0 spiro atoms. The predicted octanol–water partition coefficient (Wildman–Crippen LogP) is 18.3. The van der Waals surface area contributed by atoms with E-state index in [0.29, 0.717) is 0 Å². The van der Waals surface area contributed by atoms with Gasteiger partial charge in [0.25, 0.3) is 0 Å². The third-order valence-corrected chi connectivity index (χ3v) is 18.1. The van der Waals surface area contributed by atoms with Crippen LogP contribution < -0.4 is 0 Å². The number of hydrogen-bond donors (Lipinski definition) is 0. The van der Waals surface area contributed by atoms with Crippen LogP contribution in [0.15, 0.2) is 133 Å². The van der Waals surface area contributed by atoms with Gasteiger partial charge in [-0.25, -0.2) is 0 Å². The summed E-state index contributed by atoms with van der Waals surface area (Å²) < 4.78 is 5.31. The van der Waals surface area contributed by atoms with E-state index in [1.165, 1.54) is 149 Å². The van der Waals surface area contributed by atoms with E-state index in [0.717, 1.165) is 0 Å². The Kier molecular flexibility index (Phi) is 9.16. The second kappa shape index (κ2) is 14.3. The van der Waals surface area contributed by atoms with E-state index in [-0.39, 0.29) is 32.5 Å². The van der Waals surface area contributed by atoms with Gasteiger partial charge in [-0.2, -0.15) is 0 Å². The van der Waals surface area contributed by atoms with Crippen molar-refractivity contribution in [2.45, 2.75) is 154 Å². The van der Waals surface area contributed by atoms with E-state index in [9.17, 15) is 0 Å². The molecular formula is C66H70N2. The van der Waals surface area contributed by atoms with Gasteiger partial charge in [0.05, 0.1) is 27.8 Å². The normalized spacial score (nSPS) is 19.5. The third kappa shape index (κ3) is 6.34. The lowest BCUT2D eigenvalue weighted by molar-refractivity contribution is 0.332. The monoisotopic (exact) mass is 891 g/mol. The van der Waals surface area contributed by atoms with Crippen LogP contribution in [-0.4, -0.2) is 9.13 Å². The molecular weight excluding hydrogens is 821 g/mol. The van der Waals surface area contributed by atoms with Crippen molar-refractivity contribution < 1.29 is 0 Å². The van der Waals surface area contributed by atoms with Crippen molar-refractivity contribution in [3.63, 3.8) is 0 Å². The molecule has 12 rings (SSSR count). The molecule has 7 aromatic carbocycles. The fourth-order valence-corrected chi connectivity index (χ4v) is 13.3. The molecule has 2 nitrogen and oxygen atoms in total. The molecule has 0 saturated heterocycles. The largest absolute Gasteiger partial charge is 0.309 e. The summed E-state index contributed by atoms with van der Waals surface area (Å²) in [5, 5.41) is 5.40. The van der Waals surface area contributed by atoms with Gasteiger partial charge < -0.3 is 9.13 Å². The minimum Gasteiger partial charge on any atom is -0.309 e. The van der Waals surface area contributed by atoms with Crippen LogP contribution in [0.3, 0.4) is 0 Å². The molecule has 0 amide bonds. The van der Waals surface area contributed by atoms with Crippen molar-refractivity contribution in [3.05, 3.63) is 167 Å². The Morgan fingerprint density at radius 3 is 0.985 bits per heavy atom. The van der Waals surface area contributed by atoms with Gasteiger partial charge in [-0.05, 0) is 170 Å². The second-order valence-corrected chi connectivity index (χ2v) is 25.4. The molecule has 344 valence electrons. The average molecular weight is 891 g/mol. The zero-order chi connectivity index (χ0) is 47.5. The minimum atomic E-state index is 0.0542. The molecule has 3 aliphatic rings. The predicted molar refractivity (Wildman–Crippen MR) is 292 cm³/mol. The van der Waals surface area contributed by atoms with E-state index in [1.807, 2.05) is 0 Å². The summed E-state index contributed by atoms with van der Waals surface area (Å²) >= 11 is 0. The van der Waals surface area contributed by atoms with Gasteiger partial charge in [0.2, 0.25) is 0 Å². The van der Waals surface area contributed by atoms with Crippen LogP contribution in [0.2, 0.25) is 0 Å². The Labute approximate surface area is 405 Å². The van der Waals surface area contributed by atoms with Crippen LogP contribution in [0, 0.1) is 0 Å². The first-order valence-corrected chi connectivity index (χ1v) is 25.7. The second-order valence-electron chi connectivity index (χ2n) is 25.4. The van der Waals surface area contributed by atoms with E-state index < -0.39 is 0 Å². The fourth-order valence-electron chi connectivity index (χ4n) is 13.3. The zero-order valence-corrected chi connectivity index (χ0v) is 42.8. The maximum atomic E-state index is 2.67. The van der Waals surface area contributed by atoms with E-state index >= 15 is 0 Å². The van der Waals surface area contributed by atoms with Gasteiger partial charge in [-0.15, -0.1) is 0 Å². The SMILES string of the molecule is CC1(C)CCC(C)(C)c2cc3c(cc21)c1cc2c(cc1n3-c1ccc3c(c1)c1cc4c(cc1n3-c1c(-c3ccccc3)cccc1-c1ccccc1)C(C)(C)CCC4(C)C)C(C)(C)CCC2(C)C. The van der Waals surface area contributed by atoms with Gasteiger partial charge in [-0.1, -0.05) is 162 Å². The van der Waals surface area contributed by atoms with E-state index in [1.54, 1.807) is 0 Å². The van der Waals surface area contributed by atoms with Crippen LogP contribution in [-0.2, 0) is 32.5 Å². The molecule has 9 aromatic rings. The van der Waals surface area contributed by atoms with Crippen LogP contribution in [0.1, 0.15) is 155 Å². The summed E-state index contributed by atoms with van der Waals surface area (Å²) in [7, 11) is 0. The summed E-state index contributed by atoms with van der Waals surface area (Å²) in [4.78, 5) is 0. The van der Waals surface area contributed by atoms with Crippen molar-refractivity contribution >= 4 is 43.6 Å². The molecule has 2 heterocycles. The smallest absolute Gasteiger partial charge is 0.0618 e. The lowest BCUT2D eigenvalue weighted by atomic mass is 9.62. The number of aromatic nitrogens is 2. The summed E-state index contributed by atoms with van der Waals surface area (Å²) in [6.07, 6.45) is 7.12. The highest BCUT2D eigenvalue weighted by Crippen LogP contribution is 2.54. The lowest BCUT2D eigenvalue weighted by Crippen LogP contribution is -2.33. The van der Waals surface area contributed by atoms with Crippen molar-refractivity contribution in [2.75, 3.05) is 0 Å². The van der Waals surface area contributed by atoms with Crippen molar-refractivity contribution in [1.29, 1.82) is 0 Å². The summed E-state index contributed by atoms with van der Waals surface area (Å²) in [6, 6.07) is 52.2. The number of fused-ring (bicyclic) bond motifs is 9. The minimum absolute atomic E-state index is 0.0542. The number of para-hydroxylation sites is 1. The van der Waals surface area contributed by atoms with Crippen LogP contribution in [0.25, 0.3) is 77.2 Å². The molecule has 2 heteroatoms. The molecule has 0 radical (unpaired) electrons. The van der Waals surface area contributed by atoms with E-state index in [2.05, 4.69) is 226 Å². The lowest BCUT2D eigenvalue weighted by Gasteiger charge is -2.42. The summed E-state index contributed by atoms with van der Waals surface area (Å²) in [5.41, 5.74) is 22.1. The molecule has 0 aliphatic heterocycles. The Morgan fingerprint density at radius 1 is 0.294 bits per heavy atom. The molecule has 3 aliphatic carbocycles. The average Bonchev–Trinajstić information content (AvgIpc) is 3.81. The topological polar surface area (TPSA) is 9.86 Å². The Bertz CT molecular complexity index is 3390. The van der Waals surface area contributed by atoms with Crippen molar-refractivity contribution in [2.24, 2.45) is 0 Å².